The number of hydrogen-bond donors (Lipinski definition) is 1. The van der Waals surface area contributed by atoms with Crippen LogP contribution in [0.2, 0.25) is 0 Å². The molecule has 1 N–H and O–H groups in total. The highest BCUT2D eigenvalue weighted by molar-refractivity contribution is 5.82. The number of amides is 1. The lowest BCUT2D eigenvalue weighted by Crippen LogP contribution is -2.38. The number of hydrogen-bond acceptors (Lipinski definition) is 3. The maximum absolute atomic E-state index is 12.7. The largest absolute Gasteiger partial charge is 0.484 e. The Bertz CT molecular complexity index is 691. The van der Waals surface area contributed by atoms with Crippen LogP contribution < -0.4 is 4.74 Å². The summed E-state index contributed by atoms with van der Waals surface area (Å²) in [5.74, 6) is -1.41. The van der Waals surface area contributed by atoms with E-state index in [-0.39, 0.29) is 18.2 Å². The Morgan fingerprint density at radius 2 is 2.12 bits per heavy atom. The molecule has 0 radical (unpaired) electrons. The fraction of sp³-hybridized carbons (Fsp3) is 0.529. The van der Waals surface area contributed by atoms with Gasteiger partial charge in [0.2, 0.25) is 0 Å². The maximum atomic E-state index is 12.7. The molecule has 5 nitrogen and oxygen atoms in total. The van der Waals surface area contributed by atoms with Crippen LogP contribution in [0, 0.1) is 11.3 Å². The molecule has 0 unspecified atom stereocenters. The molecule has 8 heteroatoms. The molecule has 0 spiro atoms. The van der Waals surface area contributed by atoms with Gasteiger partial charge in [-0.1, -0.05) is 12.5 Å². The van der Waals surface area contributed by atoms with Crippen molar-refractivity contribution in [2.24, 2.45) is 11.3 Å². The van der Waals surface area contributed by atoms with E-state index in [0.717, 1.165) is 25.0 Å². The van der Waals surface area contributed by atoms with Gasteiger partial charge < -0.3 is 14.7 Å². The van der Waals surface area contributed by atoms with Crippen LogP contribution in [0.3, 0.4) is 0 Å². The maximum Gasteiger partial charge on any atom is 0.416 e. The van der Waals surface area contributed by atoms with Crippen molar-refractivity contribution in [3.63, 3.8) is 0 Å². The smallest absolute Gasteiger partial charge is 0.416 e. The minimum atomic E-state index is -4.48. The zero-order valence-electron chi connectivity index (χ0n) is 13.4. The van der Waals surface area contributed by atoms with Gasteiger partial charge in [-0.15, -0.1) is 0 Å². The van der Waals surface area contributed by atoms with Crippen molar-refractivity contribution in [2.45, 2.75) is 25.4 Å². The molecule has 136 valence electrons. The zero-order valence-corrected chi connectivity index (χ0v) is 13.4. The molecule has 2 fully saturated rings. The fourth-order valence-electron chi connectivity index (χ4n) is 3.83. The van der Waals surface area contributed by atoms with Crippen LogP contribution >= 0.6 is 0 Å². The summed E-state index contributed by atoms with van der Waals surface area (Å²) in [7, 11) is 0. The number of alkyl halides is 3. The van der Waals surface area contributed by atoms with Crippen LogP contribution in [0.1, 0.15) is 24.8 Å². The molecule has 1 aliphatic heterocycles. The summed E-state index contributed by atoms with van der Waals surface area (Å²) in [5, 5.41) is 9.51. The van der Waals surface area contributed by atoms with Crippen molar-refractivity contribution < 1.29 is 32.6 Å². The topological polar surface area (TPSA) is 66.8 Å². The predicted octanol–water partition coefficient (Wildman–Crippen LogP) is 2.80. The number of carbonyl (C=O) groups excluding carboxylic acids is 1. The van der Waals surface area contributed by atoms with Gasteiger partial charge in [-0.2, -0.15) is 13.2 Å². The summed E-state index contributed by atoms with van der Waals surface area (Å²) in [5.41, 5.74) is -1.73. The molecule has 1 saturated heterocycles. The van der Waals surface area contributed by atoms with Gasteiger partial charge in [0.15, 0.2) is 6.61 Å². The summed E-state index contributed by atoms with van der Waals surface area (Å²) in [6, 6.07) is 4.32. The molecule has 0 bridgehead atoms. The number of rotatable bonds is 4. The van der Waals surface area contributed by atoms with Crippen molar-refractivity contribution in [3.8, 4) is 5.75 Å². The normalized spacial score (nSPS) is 25.7. The summed E-state index contributed by atoms with van der Waals surface area (Å²) in [4.78, 5) is 25.3. The lowest BCUT2D eigenvalue weighted by molar-refractivity contribution is -0.149. The average Bonchev–Trinajstić information content (AvgIpc) is 3.10. The number of benzene rings is 1. The van der Waals surface area contributed by atoms with Gasteiger partial charge in [-0.25, -0.2) is 0 Å². The van der Waals surface area contributed by atoms with Crippen LogP contribution in [0.15, 0.2) is 24.3 Å². The average molecular weight is 357 g/mol. The van der Waals surface area contributed by atoms with E-state index in [2.05, 4.69) is 0 Å². The first-order chi connectivity index (χ1) is 11.7. The second-order valence-corrected chi connectivity index (χ2v) is 6.64. The minimum Gasteiger partial charge on any atom is -0.484 e. The molecule has 3 rings (SSSR count). The van der Waals surface area contributed by atoms with Crippen molar-refractivity contribution in [3.05, 3.63) is 29.8 Å². The lowest BCUT2D eigenvalue weighted by atomic mass is 9.81. The van der Waals surface area contributed by atoms with Crippen LogP contribution in [0.25, 0.3) is 0 Å². The Labute approximate surface area is 142 Å². The number of ether oxygens (including phenoxy) is 1. The van der Waals surface area contributed by atoms with E-state index in [0.29, 0.717) is 13.0 Å². The predicted molar refractivity (Wildman–Crippen MR) is 80.9 cm³/mol. The molecule has 0 aromatic heterocycles. The van der Waals surface area contributed by atoms with Gasteiger partial charge in [-0.3, -0.25) is 9.59 Å². The lowest BCUT2D eigenvalue weighted by Gasteiger charge is -2.23. The fourth-order valence-corrected chi connectivity index (χ4v) is 3.83. The third-order valence-electron chi connectivity index (χ3n) is 5.17. The monoisotopic (exact) mass is 357 g/mol. The number of likely N-dealkylation sites (tertiary alicyclic amines) is 1. The quantitative estimate of drug-likeness (QED) is 0.900. The van der Waals surface area contributed by atoms with Crippen molar-refractivity contribution >= 4 is 11.9 Å². The first-order valence-corrected chi connectivity index (χ1v) is 8.03. The van der Waals surface area contributed by atoms with E-state index in [9.17, 15) is 27.9 Å². The highest BCUT2D eigenvalue weighted by Crippen LogP contribution is 2.48. The molecule has 1 aromatic rings. The Kier molecular flexibility index (Phi) is 4.38. The Balaban J connectivity index is 1.62. The Hall–Kier alpha value is -2.25. The van der Waals surface area contributed by atoms with Gasteiger partial charge in [-0.05, 0) is 37.0 Å². The molecular formula is C17H18F3NO4. The van der Waals surface area contributed by atoms with Crippen LogP contribution in [0.5, 0.6) is 5.75 Å². The summed E-state index contributed by atoms with van der Waals surface area (Å²) >= 11 is 0. The summed E-state index contributed by atoms with van der Waals surface area (Å²) in [6.45, 7) is 0.0819. The van der Waals surface area contributed by atoms with E-state index < -0.39 is 35.6 Å². The van der Waals surface area contributed by atoms with Crippen molar-refractivity contribution in [1.82, 2.24) is 4.90 Å². The Morgan fingerprint density at radius 1 is 1.36 bits per heavy atom. The highest BCUT2D eigenvalue weighted by atomic mass is 19.4. The first kappa shape index (κ1) is 17.6. The summed E-state index contributed by atoms with van der Waals surface area (Å²) < 4.78 is 43.2. The summed E-state index contributed by atoms with van der Waals surface area (Å²) in [6.07, 6.45) is -2.33. The van der Waals surface area contributed by atoms with Gasteiger partial charge in [0.25, 0.3) is 5.91 Å². The molecule has 2 atom stereocenters. The number of carboxylic acids is 1. The van der Waals surface area contributed by atoms with Crippen LogP contribution in [-0.2, 0) is 15.8 Å². The number of aliphatic carboxylic acids is 1. The van der Waals surface area contributed by atoms with E-state index >= 15 is 0 Å². The van der Waals surface area contributed by atoms with E-state index in [1.807, 2.05) is 0 Å². The SMILES string of the molecule is O=C(COc1cccc(C(F)(F)F)c1)N1C[C@@H]2CCC[C@@]2(C(=O)O)C1. The second kappa shape index (κ2) is 6.24. The minimum absolute atomic E-state index is 0.0458. The molecule has 1 heterocycles. The van der Waals surface area contributed by atoms with Crippen LogP contribution in [0.4, 0.5) is 13.2 Å². The van der Waals surface area contributed by atoms with Gasteiger partial charge in [0.1, 0.15) is 5.75 Å². The molecule has 1 aromatic carbocycles. The van der Waals surface area contributed by atoms with E-state index in [4.69, 9.17) is 4.74 Å². The highest BCUT2D eigenvalue weighted by Gasteiger charge is 2.55. The molecule has 2 aliphatic rings. The van der Waals surface area contributed by atoms with E-state index in [1.54, 1.807) is 0 Å². The molecule has 25 heavy (non-hydrogen) atoms. The first-order valence-electron chi connectivity index (χ1n) is 8.03. The number of halogens is 3. The van der Waals surface area contributed by atoms with Gasteiger partial charge in [0.05, 0.1) is 11.0 Å². The molecule has 1 amide bonds. The molecule has 1 aliphatic carbocycles. The van der Waals surface area contributed by atoms with Gasteiger partial charge >= 0.3 is 12.1 Å². The van der Waals surface area contributed by atoms with Crippen molar-refractivity contribution in [1.29, 1.82) is 0 Å². The number of fused-ring (bicyclic) bond motifs is 1. The third-order valence-corrected chi connectivity index (χ3v) is 5.17. The third kappa shape index (κ3) is 3.29. The molecular weight excluding hydrogens is 339 g/mol. The zero-order chi connectivity index (χ0) is 18.2. The number of carboxylic acid groups (broad SMARTS) is 1. The number of nitrogens with zero attached hydrogens (tertiary/aromatic N) is 1. The standard InChI is InChI=1S/C17H18F3NO4/c18-17(19,20)11-3-1-5-13(7-11)25-9-14(22)21-8-12-4-2-6-16(12,10-21)15(23)24/h1,3,5,7,12H,2,4,6,8-10H2,(H,23,24)/t12-,16+/m0/s1. The van der Waals surface area contributed by atoms with E-state index in [1.165, 1.54) is 17.0 Å². The number of carbonyl (C=O) groups is 2. The Morgan fingerprint density at radius 3 is 2.76 bits per heavy atom. The van der Waals surface area contributed by atoms with Crippen LogP contribution in [-0.4, -0.2) is 41.6 Å². The molecule has 1 saturated carbocycles. The van der Waals surface area contributed by atoms with Gasteiger partial charge in [0, 0.05) is 13.1 Å². The second-order valence-electron chi connectivity index (χ2n) is 6.64. The van der Waals surface area contributed by atoms with Crippen molar-refractivity contribution in [2.75, 3.05) is 19.7 Å².